The highest BCUT2D eigenvalue weighted by Gasteiger charge is 2.34. The number of aliphatic hydroxyl groups is 1. The first-order valence-corrected chi connectivity index (χ1v) is 17.7. The van der Waals surface area contributed by atoms with Crippen molar-refractivity contribution in [3.05, 3.63) is 75.4 Å². The van der Waals surface area contributed by atoms with Crippen LogP contribution < -0.4 is 10.9 Å². The molecule has 0 saturated heterocycles. The Morgan fingerprint density at radius 1 is 0.511 bits per heavy atom. The first kappa shape index (κ1) is 31.2. The van der Waals surface area contributed by atoms with E-state index in [0.29, 0.717) is 35.0 Å². The molecule has 7 rings (SSSR count). The predicted octanol–water partition coefficient (Wildman–Crippen LogP) is 9.38. The third kappa shape index (κ3) is 5.04. The fourth-order valence-electron chi connectivity index (χ4n) is 8.08. The van der Waals surface area contributed by atoms with Crippen molar-refractivity contribution in [3.63, 3.8) is 0 Å². The summed E-state index contributed by atoms with van der Waals surface area (Å²) in [5.74, 6) is -0.436. The van der Waals surface area contributed by atoms with Crippen LogP contribution in [0.1, 0.15) is 112 Å². The van der Waals surface area contributed by atoms with Crippen molar-refractivity contribution in [2.75, 3.05) is 6.54 Å². The van der Waals surface area contributed by atoms with E-state index in [1.165, 1.54) is 43.4 Å². The zero-order valence-corrected chi connectivity index (χ0v) is 27.7. The standard InChI is InChI=1S/C41H44N2O4/c1-3-5-7-9-11-13-23-42-34(25-44)30-19-15-26-28-17-21-32-38-33(41(47)43(40(32)46)24-14-12-10-8-6-4-2)22-18-29(36(28)38)27-16-20-31(39(42)45)37(30)35(26)27/h15-22,25,44H,3-14,23-24H2,1-2H3/b34-25-. The SMILES string of the molecule is CCCCCCCCN1C(=O)c2ccc3c4ccc5c(=O)n(CCCCCCCC)/c(=C\O)c6ccc(c7ccc(c2c37)C1=O)c4c56. The second-order valence-electron chi connectivity index (χ2n) is 13.4. The number of hydrogen-bond acceptors (Lipinski definition) is 4. The normalized spacial score (nSPS) is 14.0. The number of hydrogen-bond donors (Lipinski definition) is 1. The molecule has 242 valence electrons. The second-order valence-corrected chi connectivity index (χ2v) is 13.4. The number of carbonyl (C=O) groups excluding carboxylic acids is 2. The Labute approximate surface area is 275 Å². The molecule has 0 bridgehead atoms. The zero-order chi connectivity index (χ0) is 32.7. The van der Waals surface area contributed by atoms with E-state index >= 15 is 0 Å². The van der Waals surface area contributed by atoms with E-state index in [-0.39, 0.29) is 17.4 Å². The Kier molecular flexibility index (Phi) is 8.61. The van der Waals surface area contributed by atoms with Crippen LogP contribution in [0.2, 0.25) is 0 Å². The minimum Gasteiger partial charge on any atom is -0.513 e. The van der Waals surface area contributed by atoms with Crippen LogP contribution in [0.4, 0.5) is 0 Å². The molecule has 0 aliphatic carbocycles. The molecule has 6 aromatic rings. The fourth-order valence-corrected chi connectivity index (χ4v) is 8.08. The molecule has 47 heavy (non-hydrogen) atoms. The van der Waals surface area contributed by atoms with E-state index in [1.54, 1.807) is 4.57 Å². The van der Waals surface area contributed by atoms with Gasteiger partial charge in [0.2, 0.25) is 0 Å². The van der Waals surface area contributed by atoms with E-state index in [2.05, 4.69) is 19.9 Å². The second kappa shape index (κ2) is 13.0. The molecule has 0 atom stereocenters. The molecule has 1 aliphatic rings. The Hall–Kier alpha value is -4.45. The molecular weight excluding hydrogens is 584 g/mol. The third-order valence-electron chi connectivity index (χ3n) is 10.5. The van der Waals surface area contributed by atoms with Crippen molar-refractivity contribution in [1.82, 2.24) is 9.47 Å². The van der Waals surface area contributed by atoms with Crippen molar-refractivity contribution < 1.29 is 14.7 Å². The van der Waals surface area contributed by atoms with Crippen molar-refractivity contribution >= 4 is 71.9 Å². The molecule has 0 unspecified atom stereocenters. The maximum absolute atomic E-state index is 14.0. The molecule has 2 heterocycles. The fraction of sp³-hybridized carbons (Fsp3) is 0.390. The quantitative estimate of drug-likeness (QED) is 0.0564. The van der Waals surface area contributed by atoms with Crippen LogP contribution in [0.15, 0.2) is 53.3 Å². The van der Waals surface area contributed by atoms with Crippen LogP contribution in [0.3, 0.4) is 0 Å². The summed E-state index contributed by atoms with van der Waals surface area (Å²) in [6.07, 6.45) is 14.3. The van der Waals surface area contributed by atoms with Gasteiger partial charge in [-0.15, -0.1) is 0 Å². The molecule has 0 saturated carbocycles. The summed E-state index contributed by atoms with van der Waals surface area (Å²) in [5, 5.41) is 19.8. The number of imide groups is 1. The maximum Gasteiger partial charge on any atom is 0.261 e. The van der Waals surface area contributed by atoms with Gasteiger partial charge in [0.15, 0.2) is 0 Å². The molecule has 0 spiro atoms. The Morgan fingerprint density at radius 3 is 1.49 bits per heavy atom. The van der Waals surface area contributed by atoms with Crippen LogP contribution in [0, 0.1) is 0 Å². The van der Waals surface area contributed by atoms with Crippen LogP contribution in [0.5, 0.6) is 0 Å². The average molecular weight is 629 g/mol. The first-order valence-electron chi connectivity index (χ1n) is 17.7. The van der Waals surface area contributed by atoms with E-state index in [4.69, 9.17) is 0 Å². The van der Waals surface area contributed by atoms with Gasteiger partial charge in [0.1, 0.15) is 6.26 Å². The van der Waals surface area contributed by atoms with Crippen LogP contribution in [0.25, 0.3) is 60.1 Å². The van der Waals surface area contributed by atoms with Gasteiger partial charge in [-0.3, -0.25) is 19.3 Å². The number of aliphatic hydroxyl groups excluding tert-OH is 1. The molecule has 1 aliphatic heterocycles. The summed E-state index contributed by atoms with van der Waals surface area (Å²) in [4.78, 5) is 43.0. The smallest absolute Gasteiger partial charge is 0.261 e. The van der Waals surface area contributed by atoms with Crippen LogP contribution >= 0.6 is 0 Å². The van der Waals surface area contributed by atoms with Gasteiger partial charge in [-0.25, -0.2) is 0 Å². The monoisotopic (exact) mass is 628 g/mol. The summed E-state index contributed by atoms with van der Waals surface area (Å²) in [6.45, 7) is 5.40. The van der Waals surface area contributed by atoms with Crippen molar-refractivity contribution in [3.8, 4) is 0 Å². The molecule has 0 radical (unpaired) electrons. The number of unbranched alkanes of at least 4 members (excludes halogenated alkanes) is 10. The van der Waals surface area contributed by atoms with Gasteiger partial charge in [-0.05, 0) is 63.4 Å². The number of amides is 2. The number of benzene rings is 5. The molecule has 5 aromatic carbocycles. The molecular formula is C41H44N2O4. The van der Waals surface area contributed by atoms with Crippen LogP contribution in [-0.4, -0.2) is 32.9 Å². The zero-order valence-electron chi connectivity index (χ0n) is 27.7. The highest BCUT2D eigenvalue weighted by molar-refractivity contribution is 6.40. The van der Waals surface area contributed by atoms with Gasteiger partial charge in [0.25, 0.3) is 17.4 Å². The Bertz CT molecular complexity index is 2190. The molecule has 0 fully saturated rings. The Balaban J connectivity index is 1.34. The summed E-state index contributed by atoms with van der Waals surface area (Å²) in [5.41, 5.74) is 1.06. The minimum atomic E-state index is -0.218. The molecule has 6 nitrogen and oxygen atoms in total. The van der Waals surface area contributed by atoms with Gasteiger partial charge < -0.3 is 9.67 Å². The maximum atomic E-state index is 14.0. The largest absolute Gasteiger partial charge is 0.513 e. The van der Waals surface area contributed by atoms with Gasteiger partial charge in [0.05, 0.1) is 5.35 Å². The lowest BCUT2D eigenvalue weighted by atomic mass is 9.83. The third-order valence-corrected chi connectivity index (χ3v) is 10.5. The van der Waals surface area contributed by atoms with Gasteiger partial charge in [-0.1, -0.05) is 108 Å². The number of rotatable bonds is 14. The lowest BCUT2D eigenvalue weighted by molar-refractivity contribution is 0.0608. The van der Waals surface area contributed by atoms with E-state index in [1.807, 2.05) is 42.5 Å². The van der Waals surface area contributed by atoms with Crippen molar-refractivity contribution in [2.45, 2.75) is 97.4 Å². The number of aromatic nitrogens is 1. The highest BCUT2D eigenvalue weighted by atomic mass is 16.2. The van der Waals surface area contributed by atoms with Crippen molar-refractivity contribution in [2.24, 2.45) is 0 Å². The topological polar surface area (TPSA) is 79.6 Å². The first-order chi connectivity index (χ1) is 23.0. The van der Waals surface area contributed by atoms with E-state index in [9.17, 15) is 19.5 Å². The minimum absolute atomic E-state index is 0.0900. The number of nitrogens with zero attached hydrogens (tertiary/aromatic N) is 2. The molecule has 1 aromatic heterocycles. The van der Waals surface area contributed by atoms with E-state index in [0.717, 1.165) is 93.3 Å². The van der Waals surface area contributed by atoms with E-state index < -0.39 is 0 Å². The van der Waals surface area contributed by atoms with Gasteiger partial charge in [0, 0.05) is 45.8 Å². The highest BCUT2D eigenvalue weighted by Crippen LogP contribution is 2.45. The van der Waals surface area contributed by atoms with Gasteiger partial charge in [-0.2, -0.15) is 0 Å². The molecule has 6 heteroatoms. The van der Waals surface area contributed by atoms with Crippen molar-refractivity contribution in [1.29, 1.82) is 0 Å². The Morgan fingerprint density at radius 2 is 0.936 bits per heavy atom. The average Bonchev–Trinajstić information content (AvgIpc) is 3.09. The number of fused-ring (bicyclic) bond motifs is 2. The van der Waals surface area contributed by atoms with Crippen LogP contribution in [-0.2, 0) is 6.54 Å². The summed E-state index contributed by atoms with van der Waals surface area (Å²) >= 11 is 0. The lowest BCUT2D eigenvalue weighted by Crippen LogP contribution is -2.40. The number of pyridine rings is 1. The molecule has 1 N–H and O–H groups in total. The molecule has 2 amide bonds. The lowest BCUT2D eigenvalue weighted by Gasteiger charge is -2.28. The summed E-state index contributed by atoms with van der Waals surface area (Å²) < 4.78 is 1.73. The predicted molar refractivity (Wildman–Crippen MR) is 194 cm³/mol. The summed E-state index contributed by atoms with van der Waals surface area (Å²) in [7, 11) is 0. The summed E-state index contributed by atoms with van der Waals surface area (Å²) in [6, 6.07) is 15.8. The van der Waals surface area contributed by atoms with Gasteiger partial charge >= 0.3 is 0 Å². The number of carbonyl (C=O) groups is 2.